The Labute approximate surface area is 170 Å². The maximum Gasteiger partial charge on any atom is 0.219 e. The van der Waals surface area contributed by atoms with Crippen LogP contribution in [0.15, 0.2) is 24.3 Å². The summed E-state index contributed by atoms with van der Waals surface area (Å²) >= 11 is 1.80. The molecule has 150 valence electrons. The first-order valence-corrected chi connectivity index (χ1v) is 10.8. The Morgan fingerprint density at radius 3 is 2.64 bits per heavy atom. The van der Waals surface area contributed by atoms with E-state index in [1.807, 2.05) is 4.90 Å². The van der Waals surface area contributed by atoms with Crippen molar-refractivity contribution < 1.29 is 14.3 Å². The van der Waals surface area contributed by atoms with Gasteiger partial charge in [-0.3, -0.25) is 9.69 Å². The Kier molecular flexibility index (Phi) is 5.60. The van der Waals surface area contributed by atoms with Crippen LogP contribution in [-0.4, -0.2) is 55.1 Å². The number of hydrogen-bond acceptors (Lipinski definition) is 5. The zero-order valence-electron chi connectivity index (χ0n) is 16.9. The van der Waals surface area contributed by atoms with E-state index in [1.165, 1.54) is 20.9 Å². The molecular weight excluding hydrogens is 372 g/mol. The summed E-state index contributed by atoms with van der Waals surface area (Å²) in [5.41, 5.74) is 2.37. The smallest absolute Gasteiger partial charge is 0.219 e. The molecule has 28 heavy (non-hydrogen) atoms. The van der Waals surface area contributed by atoms with E-state index >= 15 is 0 Å². The van der Waals surface area contributed by atoms with Crippen LogP contribution in [0.3, 0.4) is 0 Å². The quantitative estimate of drug-likeness (QED) is 0.783. The third-order valence-electron chi connectivity index (χ3n) is 5.80. The molecule has 3 heterocycles. The highest BCUT2D eigenvalue weighted by atomic mass is 32.1. The lowest BCUT2D eigenvalue weighted by Gasteiger charge is -2.37. The molecule has 4 rings (SSSR count). The minimum absolute atomic E-state index is 0.184. The van der Waals surface area contributed by atoms with Crippen LogP contribution in [0.1, 0.15) is 30.2 Å². The molecule has 1 aromatic heterocycles. The third kappa shape index (κ3) is 3.89. The number of benzene rings is 1. The summed E-state index contributed by atoms with van der Waals surface area (Å²) in [5, 5.41) is 0. The maximum absolute atomic E-state index is 11.6. The zero-order valence-corrected chi connectivity index (χ0v) is 17.7. The highest BCUT2D eigenvalue weighted by molar-refractivity contribution is 7.15. The van der Waals surface area contributed by atoms with Crippen LogP contribution in [-0.2, 0) is 11.3 Å². The van der Waals surface area contributed by atoms with Crippen molar-refractivity contribution in [3.63, 3.8) is 0 Å². The Morgan fingerprint density at radius 2 is 2.00 bits per heavy atom. The molecule has 1 fully saturated rings. The van der Waals surface area contributed by atoms with Gasteiger partial charge >= 0.3 is 0 Å². The van der Waals surface area contributed by atoms with Crippen molar-refractivity contribution in [1.82, 2.24) is 9.80 Å². The first-order chi connectivity index (χ1) is 13.5. The highest BCUT2D eigenvalue weighted by Crippen LogP contribution is 2.40. The number of ether oxygens (including phenoxy) is 2. The van der Waals surface area contributed by atoms with E-state index in [1.54, 1.807) is 25.4 Å². The van der Waals surface area contributed by atoms with E-state index in [0.29, 0.717) is 12.6 Å². The highest BCUT2D eigenvalue weighted by Gasteiger charge is 2.29. The molecule has 2 aliphatic heterocycles. The number of piperidine rings is 1. The fourth-order valence-electron chi connectivity index (χ4n) is 4.25. The minimum atomic E-state index is 0.184. The molecule has 2 aliphatic rings. The molecule has 2 aromatic rings. The molecule has 0 bridgehead atoms. The summed E-state index contributed by atoms with van der Waals surface area (Å²) in [6, 6.07) is 9.17. The summed E-state index contributed by atoms with van der Waals surface area (Å²) in [6.07, 6.45) is 2.05. The van der Waals surface area contributed by atoms with Crippen molar-refractivity contribution in [2.75, 3.05) is 33.4 Å². The Balaban J connectivity index is 1.59. The number of fused-ring (bicyclic) bond motifs is 1. The summed E-state index contributed by atoms with van der Waals surface area (Å²) < 4.78 is 11.8. The summed E-state index contributed by atoms with van der Waals surface area (Å²) in [6.45, 7) is 7.91. The van der Waals surface area contributed by atoms with Crippen molar-refractivity contribution in [2.45, 2.75) is 39.3 Å². The molecule has 5 nitrogen and oxygen atoms in total. The third-order valence-corrected chi connectivity index (χ3v) is 6.85. The van der Waals surface area contributed by atoms with E-state index in [2.05, 4.69) is 36.1 Å². The molecule has 0 saturated carbocycles. The number of carbonyl (C=O) groups excluding carboxylic acids is 1. The second-order valence-corrected chi connectivity index (χ2v) is 8.92. The van der Waals surface area contributed by atoms with Crippen molar-refractivity contribution in [2.24, 2.45) is 0 Å². The van der Waals surface area contributed by atoms with Crippen LogP contribution in [0.2, 0.25) is 0 Å². The Morgan fingerprint density at radius 1 is 1.21 bits per heavy atom. The van der Waals surface area contributed by atoms with E-state index < -0.39 is 0 Å². The molecule has 0 spiro atoms. The normalized spacial score (nSPS) is 18.3. The summed E-state index contributed by atoms with van der Waals surface area (Å²) in [7, 11) is 1.71. The largest absolute Gasteiger partial charge is 0.493 e. The number of aryl methyl sites for hydroxylation is 1. The number of amides is 1. The molecule has 0 radical (unpaired) electrons. The lowest BCUT2D eigenvalue weighted by atomic mass is 10.0. The number of nitrogens with zero attached hydrogens (tertiary/aromatic N) is 2. The second-order valence-electron chi connectivity index (χ2n) is 7.63. The lowest BCUT2D eigenvalue weighted by Crippen LogP contribution is -2.46. The first kappa shape index (κ1) is 19.3. The number of thiophene rings is 1. The molecule has 1 saturated heterocycles. The topological polar surface area (TPSA) is 42.0 Å². The molecule has 0 aliphatic carbocycles. The van der Waals surface area contributed by atoms with Gasteiger partial charge in [-0.05, 0) is 49.6 Å². The van der Waals surface area contributed by atoms with Crippen LogP contribution < -0.4 is 9.47 Å². The van der Waals surface area contributed by atoms with Crippen LogP contribution in [0.4, 0.5) is 0 Å². The van der Waals surface area contributed by atoms with Gasteiger partial charge in [0.15, 0.2) is 11.5 Å². The first-order valence-electron chi connectivity index (χ1n) is 9.95. The van der Waals surface area contributed by atoms with Gasteiger partial charge in [-0.1, -0.05) is 0 Å². The van der Waals surface area contributed by atoms with Gasteiger partial charge in [-0.25, -0.2) is 0 Å². The van der Waals surface area contributed by atoms with Crippen LogP contribution in [0.5, 0.6) is 11.5 Å². The van der Waals surface area contributed by atoms with Crippen molar-refractivity contribution >= 4 is 17.2 Å². The van der Waals surface area contributed by atoms with Gasteiger partial charge in [0, 0.05) is 54.5 Å². The van der Waals surface area contributed by atoms with E-state index in [4.69, 9.17) is 9.47 Å². The fraction of sp³-hybridized carbons (Fsp3) is 0.500. The predicted molar refractivity (Wildman–Crippen MR) is 112 cm³/mol. The van der Waals surface area contributed by atoms with Crippen LogP contribution in [0.25, 0.3) is 10.4 Å². The van der Waals surface area contributed by atoms with Crippen molar-refractivity contribution in [3.8, 4) is 21.9 Å². The second kappa shape index (κ2) is 8.13. The standard InChI is InChI=1S/C22H28N2O3S/c1-15-4-5-21(28-15)17-12-18-14-24(10-11-27-22(18)20(13-17)26-3)19-6-8-23(9-7-19)16(2)25/h4-5,12-13,19H,6-11,14H2,1-3H3. The SMILES string of the molecule is COc1cc(-c2ccc(C)s2)cc2c1OCCN(C1CCN(C(C)=O)CC1)C2. The summed E-state index contributed by atoms with van der Waals surface area (Å²) in [4.78, 5) is 18.7. The van der Waals surface area contributed by atoms with Gasteiger partial charge in [-0.15, -0.1) is 11.3 Å². The molecule has 0 unspecified atom stereocenters. The van der Waals surface area contributed by atoms with Gasteiger partial charge in [-0.2, -0.15) is 0 Å². The van der Waals surface area contributed by atoms with Crippen molar-refractivity contribution in [3.05, 3.63) is 34.7 Å². The molecular formula is C22H28N2O3S. The average Bonchev–Trinajstić information content (AvgIpc) is 3.02. The Bertz CT molecular complexity index is 855. The Hall–Kier alpha value is -2.05. The minimum Gasteiger partial charge on any atom is -0.493 e. The van der Waals surface area contributed by atoms with Crippen LogP contribution in [0, 0.1) is 6.92 Å². The molecule has 6 heteroatoms. The number of likely N-dealkylation sites (tertiary alicyclic amines) is 1. The fourth-order valence-corrected chi connectivity index (χ4v) is 5.10. The monoisotopic (exact) mass is 400 g/mol. The molecule has 1 aromatic carbocycles. The van der Waals surface area contributed by atoms with Crippen LogP contribution >= 0.6 is 11.3 Å². The number of carbonyl (C=O) groups is 1. The molecule has 0 atom stereocenters. The van der Waals surface area contributed by atoms with E-state index in [9.17, 15) is 4.79 Å². The molecule has 1 amide bonds. The van der Waals surface area contributed by atoms with E-state index in [-0.39, 0.29) is 5.91 Å². The predicted octanol–water partition coefficient (Wildman–Crippen LogP) is 3.94. The van der Waals surface area contributed by atoms with Crippen molar-refractivity contribution in [1.29, 1.82) is 0 Å². The van der Waals surface area contributed by atoms with Gasteiger partial charge in [0.1, 0.15) is 6.61 Å². The number of hydrogen-bond donors (Lipinski definition) is 0. The van der Waals surface area contributed by atoms with Gasteiger partial charge in [0.05, 0.1) is 7.11 Å². The number of methoxy groups -OCH3 is 1. The number of rotatable bonds is 3. The van der Waals surface area contributed by atoms with Gasteiger partial charge < -0.3 is 14.4 Å². The zero-order chi connectivity index (χ0) is 19.7. The van der Waals surface area contributed by atoms with E-state index in [0.717, 1.165) is 50.5 Å². The van der Waals surface area contributed by atoms with Gasteiger partial charge in [0.25, 0.3) is 0 Å². The average molecular weight is 401 g/mol. The lowest BCUT2D eigenvalue weighted by molar-refractivity contribution is -0.130. The van der Waals surface area contributed by atoms with Gasteiger partial charge in [0.2, 0.25) is 5.91 Å². The molecule has 0 N–H and O–H groups in total. The summed E-state index contributed by atoms with van der Waals surface area (Å²) in [5.74, 6) is 1.87. The maximum atomic E-state index is 11.6.